The summed E-state index contributed by atoms with van der Waals surface area (Å²) >= 11 is 0. The molecule has 1 aromatic heterocycles. The summed E-state index contributed by atoms with van der Waals surface area (Å²) < 4.78 is 2.12. The van der Waals surface area contributed by atoms with Crippen molar-refractivity contribution in [3.63, 3.8) is 0 Å². The summed E-state index contributed by atoms with van der Waals surface area (Å²) in [7, 11) is 0. The third-order valence-corrected chi connectivity index (χ3v) is 5.10. The van der Waals surface area contributed by atoms with Crippen molar-refractivity contribution in [2.24, 2.45) is 5.92 Å². The maximum atomic E-state index is 12.4. The number of amides is 1. The van der Waals surface area contributed by atoms with Gasteiger partial charge < -0.3 is 4.90 Å². The Morgan fingerprint density at radius 3 is 2.75 bits per heavy atom. The fourth-order valence-corrected chi connectivity index (χ4v) is 3.67. The molecule has 1 amide bonds. The quantitative estimate of drug-likeness (QED) is 0.849. The lowest BCUT2D eigenvalue weighted by Gasteiger charge is -2.28. The van der Waals surface area contributed by atoms with Crippen LogP contribution in [0.25, 0.3) is 0 Å². The fourth-order valence-electron chi connectivity index (χ4n) is 3.67. The molecule has 3 aliphatic rings. The number of hydrogen-bond acceptors (Lipinski definition) is 2. The van der Waals surface area contributed by atoms with Gasteiger partial charge in [0.2, 0.25) is 5.91 Å². The van der Waals surface area contributed by atoms with Gasteiger partial charge in [0.1, 0.15) is 0 Å². The number of rotatable bonds is 3. The van der Waals surface area contributed by atoms with Crippen molar-refractivity contribution in [3.05, 3.63) is 17.5 Å². The van der Waals surface area contributed by atoms with E-state index in [2.05, 4.69) is 15.8 Å². The highest BCUT2D eigenvalue weighted by Crippen LogP contribution is 2.39. The minimum atomic E-state index is 0.359. The second-order valence-corrected chi connectivity index (χ2v) is 6.73. The Balaban J connectivity index is 1.41. The van der Waals surface area contributed by atoms with E-state index in [0.717, 1.165) is 26.1 Å². The highest BCUT2D eigenvalue weighted by atomic mass is 16.2. The van der Waals surface area contributed by atoms with E-state index in [4.69, 9.17) is 0 Å². The molecule has 1 aliphatic heterocycles. The molecule has 2 aliphatic carbocycles. The zero-order valence-electron chi connectivity index (χ0n) is 12.1. The van der Waals surface area contributed by atoms with Gasteiger partial charge in [-0.15, -0.1) is 0 Å². The van der Waals surface area contributed by atoms with Crippen LogP contribution in [0.5, 0.6) is 0 Å². The van der Waals surface area contributed by atoms with Crippen LogP contribution < -0.4 is 0 Å². The summed E-state index contributed by atoms with van der Waals surface area (Å²) in [5, 5.41) is 4.69. The molecule has 20 heavy (non-hydrogen) atoms. The SMILES string of the molecule is O=C(CC1CCCC1)N1CCn2nc(C3CC3)cc2C1. The van der Waals surface area contributed by atoms with Crippen LogP contribution in [0.3, 0.4) is 0 Å². The molecular formula is C16H23N3O. The van der Waals surface area contributed by atoms with E-state index >= 15 is 0 Å². The van der Waals surface area contributed by atoms with Crippen LogP contribution in [0, 0.1) is 5.92 Å². The van der Waals surface area contributed by atoms with Crippen LogP contribution in [-0.4, -0.2) is 27.1 Å². The monoisotopic (exact) mass is 273 g/mol. The highest BCUT2D eigenvalue weighted by Gasteiger charge is 2.30. The van der Waals surface area contributed by atoms with Crippen molar-refractivity contribution in [2.75, 3.05) is 6.54 Å². The number of aromatic nitrogens is 2. The molecular weight excluding hydrogens is 250 g/mol. The Morgan fingerprint density at radius 1 is 1.20 bits per heavy atom. The Morgan fingerprint density at radius 2 is 2.00 bits per heavy atom. The molecule has 0 unspecified atom stereocenters. The molecule has 0 spiro atoms. The van der Waals surface area contributed by atoms with Gasteiger partial charge in [-0.25, -0.2) is 0 Å². The van der Waals surface area contributed by atoms with Crippen molar-refractivity contribution in [3.8, 4) is 0 Å². The van der Waals surface area contributed by atoms with Gasteiger partial charge in [-0.3, -0.25) is 9.48 Å². The second-order valence-electron chi connectivity index (χ2n) is 6.73. The molecule has 0 aromatic carbocycles. The van der Waals surface area contributed by atoms with Crippen molar-refractivity contribution in [1.29, 1.82) is 0 Å². The van der Waals surface area contributed by atoms with Crippen molar-refractivity contribution in [1.82, 2.24) is 14.7 Å². The molecule has 0 radical (unpaired) electrons. The lowest BCUT2D eigenvalue weighted by molar-refractivity contribution is -0.133. The van der Waals surface area contributed by atoms with Gasteiger partial charge in [-0.1, -0.05) is 12.8 Å². The van der Waals surface area contributed by atoms with E-state index in [9.17, 15) is 4.79 Å². The molecule has 0 N–H and O–H groups in total. The number of nitrogens with zero attached hydrogens (tertiary/aromatic N) is 3. The Bertz CT molecular complexity index is 512. The number of carbonyl (C=O) groups excluding carboxylic acids is 1. The van der Waals surface area contributed by atoms with Crippen LogP contribution in [0.4, 0.5) is 0 Å². The number of carbonyl (C=O) groups is 1. The average molecular weight is 273 g/mol. The van der Waals surface area contributed by atoms with Crippen molar-refractivity contribution in [2.45, 2.75) is 64.0 Å². The predicted octanol–water partition coefficient (Wildman–Crippen LogP) is 2.68. The zero-order valence-corrected chi connectivity index (χ0v) is 12.1. The molecule has 2 heterocycles. The molecule has 108 valence electrons. The first kappa shape index (κ1) is 12.4. The summed E-state index contributed by atoms with van der Waals surface area (Å²) in [6.07, 6.45) is 8.49. The molecule has 1 aromatic rings. The van der Waals surface area contributed by atoms with Gasteiger partial charge >= 0.3 is 0 Å². The largest absolute Gasteiger partial charge is 0.335 e. The standard InChI is InChI=1S/C16H23N3O/c20-16(9-12-3-1-2-4-12)18-7-8-19-14(11-18)10-15(17-19)13-5-6-13/h10,12-13H,1-9,11H2. The third-order valence-electron chi connectivity index (χ3n) is 5.10. The zero-order chi connectivity index (χ0) is 13.5. The second kappa shape index (κ2) is 4.90. The minimum Gasteiger partial charge on any atom is -0.335 e. The van der Waals surface area contributed by atoms with Crippen LogP contribution in [-0.2, 0) is 17.9 Å². The topological polar surface area (TPSA) is 38.1 Å². The first-order valence-corrected chi connectivity index (χ1v) is 8.14. The van der Waals surface area contributed by atoms with E-state index in [1.54, 1.807) is 0 Å². The minimum absolute atomic E-state index is 0.359. The van der Waals surface area contributed by atoms with E-state index in [0.29, 0.717) is 17.7 Å². The van der Waals surface area contributed by atoms with E-state index < -0.39 is 0 Å². The molecule has 0 atom stereocenters. The summed E-state index contributed by atoms with van der Waals surface area (Å²) in [6.45, 7) is 2.48. The van der Waals surface area contributed by atoms with E-state index in [1.807, 2.05) is 4.90 Å². The maximum absolute atomic E-state index is 12.4. The van der Waals surface area contributed by atoms with Gasteiger partial charge in [0.05, 0.1) is 24.5 Å². The van der Waals surface area contributed by atoms with Gasteiger partial charge in [-0.05, 0) is 37.7 Å². The van der Waals surface area contributed by atoms with Crippen LogP contribution in [0.1, 0.15) is 62.3 Å². The summed E-state index contributed by atoms with van der Waals surface area (Å²) in [5.74, 6) is 1.71. The molecule has 0 bridgehead atoms. The smallest absolute Gasteiger partial charge is 0.223 e. The predicted molar refractivity (Wildman–Crippen MR) is 76.2 cm³/mol. The number of hydrogen-bond donors (Lipinski definition) is 0. The first-order valence-electron chi connectivity index (χ1n) is 8.14. The van der Waals surface area contributed by atoms with E-state index in [-0.39, 0.29) is 0 Å². The van der Waals surface area contributed by atoms with Gasteiger partial charge in [0.15, 0.2) is 0 Å². The molecule has 2 fully saturated rings. The lowest BCUT2D eigenvalue weighted by Crippen LogP contribution is -2.38. The van der Waals surface area contributed by atoms with Crippen molar-refractivity contribution >= 4 is 5.91 Å². The van der Waals surface area contributed by atoms with Crippen LogP contribution in [0.15, 0.2) is 6.07 Å². The van der Waals surface area contributed by atoms with Crippen LogP contribution >= 0.6 is 0 Å². The Hall–Kier alpha value is -1.32. The molecule has 4 rings (SSSR count). The molecule has 0 saturated heterocycles. The summed E-state index contributed by atoms with van der Waals surface area (Å²) in [5.41, 5.74) is 2.49. The third kappa shape index (κ3) is 2.36. The lowest BCUT2D eigenvalue weighted by atomic mass is 10.0. The Labute approximate surface area is 120 Å². The van der Waals surface area contributed by atoms with Gasteiger partial charge in [-0.2, -0.15) is 5.10 Å². The summed E-state index contributed by atoms with van der Waals surface area (Å²) in [6, 6.07) is 2.23. The van der Waals surface area contributed by atoms with E-state index in [1.165, 1.54) is 49.9 Å². The fraction of sp³-hybridized carbons (Fsp3) is 0.750. The van der Waals surface area contributed by atoms with Gasteiger partial charge in [0.25, 0.3) is 0 Å². The summed E-state index contributed by atoms with van der Waals surface area (Å²) in [4.78, 5) is 14.5. The Kier molecular flexibility index (Phi) is 3.04. The highest BCUT2D eigenvalue weighted by molar-refractivity contribution is 5.76. The molecule has 2 saturated carbocycles. The first-order chi connectivity index (χ1) is 9.79. The van der Waals surface area contributed by atoms with Gasteiger partial charge in [0, 0.05) is 18.9 Å². The number of fused-ring (bicyclic) bond motifs is 1. The maximum Gasteiger partial charge on any atom is 0.223 e. The van der Waals surface area contributed by atoms with Crippen molar-refractivity contribution < 1.29 is 4.79 Å². The normalized spacial score (nSPS) is 23.1. The van der Waals surface area contributed by atoms with Crippen LogP contribution in [0.2, 0.25) is 0 Å². The molecule has 4 heteroatoms. The molecule has 4 nitrogen and oxygen atoms in total. The average Bonchev–Trinajstić information content (AvgIpc) is 3.01.